The fourth-order valence-corrected chi connectivity index (χ4v) is 4.59. The summed E-state index contributed by atoms with van der Waals surface area (Å²) in [5, 5.41) is 1.18. The van der Waals surface area contributed by atoms with Gasteiger partial charge in [-0.05, 0) is 51.5 Å². The Hall–Kier alpha value is -0.940. The van der Waals surface area contributed by atoms with Crippen molar-refractivity contribution in [2.45, 2.75) is 52.0 Å². The Kier molecular flexibility index (Phi) is 5.14. The monoisotopic (exact) mass is 321 g/mol. The predicted octanol–water partition coefficient (Wildman–Crippen LogP) is 2.71. The summed E-state index contributed by atoms with van der Waals surface area (Å²) in [7, 11) is 2.03. The average Bonchev–Trinajstić information content (AvgIpc) is 2.89. The first-order valence-corrected chi connectivity index (χ1v) is 9.37. The van der Waals surface area contributed by atoms with Crippen LogP contribution in [0.4, 0.5) is 0 Å². The quantitative estimate of drug-likeness (QED) is 0.855. The molecule has 1 aliphatic carbocycles. The lowest BCUT2D eigenvalue weighted by Crippen LogP contribution is -2.42. The summed E-state index contributed by atoms with van der Waals surface area (Å²) in [5.74, 6) is 1.04. The molecule has 1 aromatic heterocycles. The average molecular weight is 321 g/mol. The summed E-state index contributed by atoms with van der Waals surface area (Å²) >= 11 is 1.85. The minimum atomic E-state index is 0.274. The van der Waals surface area contributed by atoms with Crippen molar-refractivity contribution in [2.24, 2.45) is 5.92 Å². The van der Waals surface area contributed by atoms with E-state index in [-0.39, 0.29) is 5.91 Å². The standard InChI is InChI=1S/C17H27N3OS/c1-13-7-9-20(10-8-13)17(21)12-19(2)11-16-18-14-5-3-4-6-15(14)22-16/h13H,3-12H2,1-2H3. The number of rotatable bonds is 4. The van der Waals surface area contributed by atoms with Gasteiger partial charge in [0.25, 0.3) is 0 Å². The lowest BCUT2D eigenvalue weighted by atomic mass is 9.99. The number of carbonyl (C=O) groups excluding carboxylic acids is 1. The first-order chi connectivity index (χ1) is 10.6. The van der Waals surface area contributed by atoms with Gasteiger partial charge in [-0.25, -0.2) is 4.98 Å². The van der Waals surface area contributed by atoms with Crippen LogP contribution in [0.2, 0.25) is 0 Å². The van der Waals surface area contributed by atoms with Crippen molar-refractivity contribution in [1.29, 1.82) is 0 Å². The van der Waals surface area contributed by atoms with Crippen molar-refractivity contribution >= 4 is 17.2 Å². The van der Waals surface area contributed by atoms with Crippen molar-refractivity contribution in [3.8, 4) is 0 Å². The van der Waals surface area contributed by atoms with Crippen LogP contribution in [0.3, 0.4) is 0 Å². The summed E-state index contributed by atoms with van der Waals surface area (Å²) in [5.41, 5.74) is 1.32. The van der Waals surface area contributed by atoms with Crippen LogP contribution in [0.1, 0.15) is 48.2 Å². The lowest BCUT2D eigenvalue weighted by Gasteiger charge is -2.31. The van der Waals surface area contributed by atoms with Crippen LogP contribution in [0.25, 0.3) is 0 Å². The van der Waals surface area contributed by atoms with Gasteiger partial charge in [0.1, 0.15) is 5.01 Å². The highest BCUT2D eigenvalue weighted by molar-refractivity contribution is 7.11. The molecule has 1 aliphatic heterocycles. The van der Waals surface area contributed by atoms with Crippen molar-refractivity contribution < 1.29 is 4.79 Å². The van der Waals surface area contributed by atoms with E-state index in [2.05, 4.69) is 11.8 Å². The second kappa shape index (κ2) is 7.09. The Balaban J connectivity index is 1.50. The first kappa shape index (κ1) is 15.9. The van der Waals surface area contributed by atoms with E-state index in [1.807, 2.05) is 23.3 Å². The molecule has 1 amide bonds. The zero-order chi connectivity index (χ0) is 15.5. The second-order valence-electron chi connectivity index (χ2n) is 6.92. The van der Waals surface area contributed by atoms with Gasteiger partial charge in [-0.2, -0.15) is 0 Å². The third-order valence-corrected chi connectivity index (χ3v) is 5.98. The maximum atomic E-state index is 12.4. The number of aryl methyl sites for hydroxylation is 2. The summed E-state index contributed by atoms with van der Waals surface area (Å²) in [6, 6.07) is 0. The molecule has 1 fully saturated rings. The second-order valence-corrected chi connectivity index (χ2v) is 8.09. The van der Waals surface area contributed by atoms with Gasteiger partial charge in [-0.1, -0.05) is 6.92 Å². The maximum Gasteiger partial charge on any atom is 0.236 e. The van der Waals surface area contributed by atoms with Crippen LogP contribution in [0.15, 0.2) is 0 Å². The number of aromatic nitrogens is 1. The molecular weight excluding hydrogens is 294 g/mol. The minimum absolute atomic E-state index is 0.274. The minimum Gasteiger partial charge on any atom is -0.342 e. The number of piperidine rings is 1. The van der Waals surface area contributed by atoms with E-state index in [0.29, 0.717) is 6.54 Å². The van der Waals surface area contributed by atoms with E-state index in [9.17, 15) is 4.79 Å². The smallest absolute Gasteiger partial charge is 0.236 e. The number of hydrogen-bond acceptors (Lipinski definition) is 4. The molecule has 0 unspecified atom stereocenters. The van der Waals surface area contributed by atoms with Crippen LogP contribution < -0.4 is 0 Å². The van der Waals surface area contributed by atoms with Crippen LogP contribution in [0.5, 0.6) is 0 Å². The number of fused-ring (bicyclic) bond motifs is 1. The van der Waals surface area contributed by atoms with Gasteiger partial charge in [-0.15, -0.1) is 11.3 Å². The van der Waals surface area contributed by atoms with E-state index < -0.39 is 0 Å². The number of thiazole rings is 1. The van der Waals surface area contributed by atoms with Crippen LogP contribution in [0, 0.1) is 5.92 Å². The van der Waals surface area contributed by atoms with Gasteiger partial charge in [0.2, 0.25) is 5.91 Å². The van der Waals surface area contributed by atoms with Crippen LogP contribution in [-0.2, 0) is 24.2 Å². The van der Waals surface area contributed by atoms with Gasteiger partial charge >= 0.3 is 0 Å². The zero-order valence-electron chi connectivity index (χ0n) is 13.8. The number of hydrogen-bond donors (Lipinski definition) is 0. The number of amides is 1. The first-order valence-electron chi connectivity index (χ1n) is 8.55. The molecule has 1 saturated heterocycles. The summed E-state index contributed by atoms with van der Waals surface area (Å²) in [6.07, 6.45) is 7.21. The fraction of sp³-hybridized carbons (Fsp3) is 0.765. The summed E-state index contributed by atoms with van der Waals surface area (Å²) < 4.78 is 0. The van der Waals surface area contributed by atoms with E-state index in [1.54, 1.807) is 0 Å². The Morgan fingerprint density at radius 3 is 2.77 bits per heavy atom. The van der Waals surface area contributed by atoms with Crippen molar-refractivity contribution in [3.63, 3.8) is 0 Å². The highest BCUT2D eigenvalue weighted by Gasteiger charge is 2.22. The molecule has 2 aliphatic rings. The van der Waals surface area contributed by atoms with Crippen LogP contribution in [-0.4, -0.2) is 47.4 Å². The van der Waals surface area contributed by atoms with Gasteiger partial charge in [-0.3, -0.25) is 9.69 Å². The highest BCUT2D eigenvalue weighted by Crippen LogP contribution is 2.27. The van der Waals surface area contributed by atoms with Crippen molar-refractivity contribution in [3.05, 3.63) is 15.6 Å². The van der Waals surface area contributed by atoms with E-state index >= 15 is 0 Å². The third-order valence-electron chi connectivity index (χ3n) is 4.84. The molecule has 3 rings (SSSR count). The number of likely N-dealkylation sites (tertiary alicyclic amines) is 1. The molecule has 0 spiro atoms. The molecule has 22 heavy (non-hydrogen) atoms. The highest BCUT2D eigenvalue weighted by atomic mass is 32.1. The topological polar surface area (TPSA) is 36.4 Å². The van der Waals surface area contributed by atoms with E-state index in [1.165, 1.54) is 34.8 Å². The zero-order valence-corrected chi connectivity index (χ0v) is 14.6. The molecule has 4 nitrogen and oxygen atoms in total. The molecule has 0 radical (unpaired) electrons. The lowest BCUT2D eigenvalue weighted by molar-refractivity contribution is -0.133. The maximum absolute atomic E-state index is 12.4. The number of likely N-dealkylation sites (N-methyl/N-ethyl adjacent to an activating group) is 1. The molecule has 0 bridgehead atoms. The molecule has 0 saturated carbocycles. The van der Waals surface area contributed by atoms with Gasteiger partial charge in [0.05, 0.1) is 18.8 Å². The summed E-state index contributed by atoms with van der Waals surface area (Å²) in [6.45, 7) is 5.45. The molecule has 1 aromatic rings. The molecule has 122 valence electrons. The third kappa shape index (κ3) is 3.87. The Bertz CT molecular complexity index is 496. The molecule has 0 atom stereocenters. The largest absolute Gasteiger partial charge is 0.342 e. The number of carbonyl (C=O) groups is 1. The normalized spacial score (nSPS) is 19.5. The molecule has 0 N–H and O–H groups in total. The predicted molar refractivity (Wildman–Crippen MR) is 90.1 cm³/mol. The Labute approximate surface area is 137 Å². The molecule has 0 aromatic carbocycles. The Morgan fingerprint density at radius 2 is 2.05 bits per heavy atom. The number of nitrogens with zero attached hydrogens (tertiary/aromatic N) is 3. The van der Waals surface area contributed by atoms with E-state index in [4.69, 9.17) is 4.98 Å². The SMILES string of the molecule is CC1CCN(C(=O)CN(C)Cc2nc3c(s2)CCCC3)CC1. The van der Waals surface area contributed by atoms with Gasteiger partial charge < -0.3 is 4.90 Å². The molecular formula is C17H27N3OS. The molecule has 5 heteroatoms. The van der Waals surface area contributed by atoms with Crippen molar-refractivity contribution in [1.82, 2.24) is 14.8 Å². The fourth-order valence-electron chi connectivity index (χ4n) is 3.35. The van der Waals surface area contributed by atoms with Crippen LogP contribution >= 0.6 is 11.3 Å². The molecule has 2 heterocycles. The van der Waals surface area contributed by atoms with Gasteiger partial charge in [0.15, 0.2) is 0 Å². The summed E-state index contributed by atoms with van der Waals surface area (Å²) in [4.78, 5) is 22.8. The van der Waals surface area contributed by atoms with Gasteiger partial charge in [0, 0.05) is 18.0 Å². The van der Waals surface area contributed by atoms with E-state index in [0.717, 1.165) is 44.8 Å². The van der Waals surface area contributed by atoms with Crippen molar-refractivity contribution in [2.75, 3.05) is 26.7 Å². The Morgan fingerprint density at radius 1 is 1.32 bits per heavy atom.